The van der Waals surface area contributed by atoms with Crippen LogP contribution in [0, 0.1) is 18.3 Å². The molecule has 0 aliphatic rings. The highest BCUT2D eigenvalue weighted by atomic mass is 32.2. The molecule has 0 aliphatic carbocycles. The second kappa shape index (κ2) is 5.27. The fraction of sp³-hybridized carbons (Fsp3) is 0.0667. The molecule has 5 heteroatoms. The van der Waals surface area contributed by atoms with Crippen molar-refractivity contribution in [3.05, 3.63) is 53.9 Å². The monoisotopic (exact) mass is 278 g/mol. The molecule has 0 spiro atoms. The first-order chi connectivity index (χ1) is 9.76. The molecule has 0 unspecified atom stereocenters. The second-order valence-electron chi connectivity index (χ2n) is 4.22. The second-order valence-corrected chi connectivity index (χ2v) is 5.21. The standard InChI is InChI=1S/C15H10N4S/c1-10-6-7-17-15(18-10)20-14-8-11(9-16)12-4-2-3-5-13(12)19-14/h2-8H,1H3. The minimum Gasteiger partial charge on any atom is -0.241 e. The number of benzene rings is 1. The molecule has 2 heterocycles. The Morgan fingerprint density at radius 3 is 2.80 bits per heavy atom. The Labute approximate surface area is 120 Å². The van der Waals surface area contributed by atoms with E-state index in [1.165, 1.54) is 11.8 Å². The molecule has 96 valence electrons. The van der Waals surface area contributed by atoms with Crippen LogP contribution in [-0.4, -0.2) is 15.0 Å². The van der Waals surface area contributed by atoms with Crippen molar-refractivity contribution in [2.45, 2.75) is 17.1 Å². The van der Waals surface area contributed by atoms with Crippen molar-refractivity contribution in [1.29, 1.82) is 5.26 Å². The lowest BCUT2D eigenvalue weighted by Crippen LogP contribution is -1.91. The molecular weight excluding hydrogens is 268 g/mol. The molecule has 0 saturated heterocycles. The van der Waals surface area contributed by atoms with Gasteiger partial charge in [-0.3, -0.25) is 0 Å². The van der Waals surface area contributed by atoms with Crippen molar-refractivity contribution >= 4 is 22.7 Å². The van der Waals surface area contributed by atoms with Crippen LogP contribution in [0.1, 0.15) is 11.3 Å². The van der Waals surface area contributed by atoms with E-state index in [1.54, 1.807) is 12.3 Å². The van der Waals surface area contributed by atoms with Crippen LogP contribution >= 0.6 is 11.8 Å². The maximum Gasteiger partial charge on any atom is 0.194 e. The van der Waals surface area contributed by atoms with Crippen LogP contribution < -0.4 is 0 Å². The smallest absolute Gasteiger partial charge is 0.194 e. The number of hydrogen-bond acceptors (Lipinski definition) is 5. The molecule has 4 nitrogen and oxygen atoms in total. The van der Waals surface area contributed by atoms with Gasteiger partial charge in [0.15, 0.2) is 5.16 Å². The number of para-hydroxylation sites is 1. The van der Waals surface area contributed by atoms with Crippen molar-refractivity contribution in [3.8, 4) is 6.07 Å². The van der Waals surface area contributed by atoms with Gasteiger partial charge in [-0.2, -0.15) is 5.26 Å². The third-order valence-electron chi connectivity index (χ3n) is 2.78. The zero-order valence-corrected chi connectivity index (χ0v) is 11.6. The van der Waals surface area contributed by atoms with E-state index < -0.39 is 0 Å². The number of aryl methyl sites for hydroxylation is 1. The minimum atomic E-state index is 0.616. The number of nitrogens with zero attached hydrogens (tertiary/aromatic N) is 4. The van der Waals surface area contributed by atoms with Crippen LogP contribution in [0.3, 0.4) is 0 Å². The molecule has 20 heavy (non-hydrogen) atoms. The highest BCUT2D eigenvalue weighted by Crippen LogP contribution is 2.27. The fourth-order valence-corrected chi connectivity index (χ4v) is 2.68. The van der Waals surface area contributed by atoms with Gasteiger partial charge >= 0.3 is 0 Å². The van der Waals surface area contributed by atoms with E-state index in [4.69, 9.17) is 0 Å². The van der Waals surface area contributed by atoms with Crippen LogP contribution in [0.2, 0.25) is 0 Å². The topological polar surface area (TPSA) is 62.5 Å². The summed E-state index contributed by atoms with van der Waals surface area (Å²) in [5.74, 6) is 0. The maximum atomic E-state index is 9.25. The van der Waals surface area contributed by atoms with Crippen molar-refractivity contribution in [2.24, 2.45) is 0 Å². The normalized spacial score (nSPS) is 10.4. The van der Waals surface area contributed by atoms with Crippen LogP contribution in [0.25, 0.3) is 10.9 Å². The predicted octanol–water partition coefficient (Wildman–Crippen LogP) is 3.36. The van der Waals surface area contributed by atoms with Gasteiger partial charge < -0.3 is 0 Å². The zero-order chi connectivity index (χ0) is 13.9. The molecule has 3 aromatic rings. The maximum absolute atomic E-state index is 9.25. The summed E-state index contributed by atoms with van der Waals surface area (Å²) in [6.45, 7) is 1.92. The number of aromatic nitrogens is 3. The molecule has 2 aromatic heterocycles. The third kappa shape index (κ3) is 2.46. The van der Waals surface area contributed by atoms with Crippen molar-refractivity contribution in [1.82, 2.24) is 15.0 Å². The van der Waals surface area contributed by atoms with Gasteiger partial charge in [-0.1, -0.05) is 18.2 Å². The largest absolute Gasteiger partial charge is 0.241 e. The molecule has 3 rings (SSSR count). The highest BCUT2D eigenvalue weighted by molar-refractivity contribution is 7.99. The Morgan fingerprint density at radius 1 is 1.15 bits per heavy atom. The fourth-order valence-electron chi connectivity index (χ4n) is 1.86. The number of hydrogen-bond donors (Lipinski definition) is 0. The molecule has 0 saturated carbocycles. The predicted molar refractivity (Wildman–Crippen MR) is 77.4 cm³/mol. The van der Waals surface area contributed by atoms with E-state index in [2.05, 4.69) is 21.0 Å². The van der Waals surface area contributed by atoms with E-state index in [1.807, 2.05) is 37.3 Å². The van der Waals surface area contributed by atoms with Crippen molar-refractivity contribution < 1.29 is 0 Å². The molecule has 0 aliphatic heterocycles. The van der Waals surface area contributed by atoms with Gasteiger partial charge in [-0.05, 0) is 36.9 Å². The Bertz CT molecular complexity index is 823. The Kier molecular flexibility index (Phi) is 3.32. The van der Waals surface area contributed by atoms with E-state index >= 15 is 0 Å². The molecule has 1 aromatic carbocycles. The zero-order valence-electron chi connectivity index (χ0n) is 10.7. The lowest BCUT2D eigenvalue weighted by Gasteiger charge is -2.04. The van der Waals surface area contributed by atoms with Gasteiger partial charge in [0.25, 0.3) is 0 Å². The Morgan fingerprint density at radius 2 is 2.00 bits per heavy atom. The summed E-state index contributed by atoms with van der Waals surface area (Å²) < 4.78 is 0. The third-order valence-corrected chi connectivity index (χ3v) is 3.58. The summed E-state index contributed by atoms with van der Waals surface area (Å²) in [5, 5.41) is 11.5. The number of rotatable bonds is 2. The van der Waals surface area contributed by atoms with Crippen LogP contribution in [-0.2, 0) is 0 Å². The Balaban J connectivity index is 2.06. The Hall–Kier alpha value is -2.45. The molecule has 0 bridgehead atoms. The van der Waals surface area contributed by atoms with Crippen molar-refractivity contribution in [3.63, 3.8) is 0 Å². The van der Waals surface area contributed by atoms with E-state index in [-0.39, 0.29) is 0 Å². The first-order valence-corrected chi connectivity index (χ1v) is 6.85. The first-order valence-electron chi connectivity index (χ1n) is 6.03. The summed E-state index contributed by atoms with van der Waals surface area (Å²) in [7, 11) is 0. The summed E-state index contributed by atoms with van der Waals surface area (Å²) in [4.78, 5) is 13.1. The minimum absolute atomic E-state index is 0.616. The van der Waals surface area contributed by atoms with Gasteiger partial charge in [0, 0.05) is 17.3 Å². The van der Waals surface area contributed by atoms with Crippen LogP contribution in [0.5, 0.6) is 0 Å². The van der Waals surface area contributed by atoms with E-state index in [0.29, 0.717) is 10.7 Å². The van der Waals surface area contributed by atoms with Gasteiger partial charge in [0.1, 0.15) is 5.03 Å². The summed E-state index contributed by atoms with van der Waals surface area (Å²) in [6.07, 6.45) is 1.72. The van der Waals surface area contributed by atoms with Gasteiger partial charge in [0.2, 0.25) is 0 Å². The van der Waals surface area contributed by atoms with Crippen LogP contribution in [0.4, 0.5) is 0 Å². The van der Waals surface area contributed by atoms with Crippen LogP contribution in [0.15, 0.2) is 52.8 Å². The first kappa shape index (κ1) is 12.6. The summed E-state index contributed by atoms with van der Waals surface area (Å²) in [5.41, 5.74) is 2.33. The van der Waals surface area contributed by atoms with E-state index in [0.717, 1.165) is 21.6 Å². The number of pyridine rings is 1. The molecule has 0 fully saturated rings. The lowest BCUT2D eigenvalue weighted by molar-refractivity contribution is 0.929. The quantitative estimate of drug-likeness (QED) is 0.673. The molecule has 0 N–H and O–H groups in total. The molecule has 0 amide bonds. The molecule has 0 atom stereocenters. The SMILES string of the molecule is Cc1ccnc(Sc2cc(C#N)c3ccccc3n2)n1. The summed E-state index contributed by atoms with van der Waals surface area (Å²) in [6, 6.07) is 13.5. The summed E-state index contributed by atoms with van der Waals surface area (Å²) >= 11 is 1.36. The van der Waals surface area contributed by atoms with Gasteiger partial charge in [-0.25, -0.2) is 15.0 Å². The average Bonchev–Trinajstić information content (AvgIpc) is 2.46. The van der Waals surface area contributed by atoms with Crippen molar-refractivity contribution in [2.75, 3.05) is 0 Å². The number of nitriles is 1. The molecular formula is C15H10N4S. The van der Waals surface area contributed by atoms with Gasteiger partial charge in [0.05, 0.1) is 17.1 Å². The highest BCUT2D eigenvalue weighted by Gasteiger charge is 2.08. The molecule has 0 radical (unpaired) electrons. The van der Waals surface area contributed by atoms with Gasteiger partial charge in [-0.15, -0.1) is 0 Å². The average molecular weight is 278 g/mol. The lowest BCUT2D eigenvalue weighted by atomic mass is 10.1. The van der Waals surface area contributed by atoms with E-state index in [9.17, 15) is 5.26 Å². The number of fused-ring (bicyclic) bond motifs is 1.